The number of aromatic nitrogens is 1. The van der Waals surface area contributed by atoms with Crippen molar-refractivity contribution in [3.63, 3.8) is 0 Å². The van der Waals surface area contributed by atoms with E-state index in [4.69, 9.17) is 4.74 Å². The van der Waals surface area contributed by atoms with Gasteiger partial charge < -0.3 is 15.0 Å². The Kier molecular flexibility index (Phi) is 5.69. The fourth-order valence-electron chi connectivity index (χ4n) is 2.93. The molecule has 26 heavy (non-hydrogen) atoms. The molecule has 3 rings (SSSR count). The van der Waals surface area contributed by atoms with Crippen LogP contribution in [0.3, 0.4) is 0 Å². The van der Waals surface area contributed by atoms with Gasteiger partial charge in [-0.2, -0.15) is 0 Å². The standard InChI is InChI=1S/C21H22N2O3/c1-2-26-21(25)20-19(16-12-6-7-13-17(16)22-20)23-18(24)14-8-11-15-9-4-3-5-10-15/h3-7,9-10,12-13,22H,2,8,11,14H2,1H3,(H,23,24). The molecule has 0 aliphatic heterocycles. The first-order valence-corrected chi connectivity index (χ1v) is 8.80. The number of aromatic amines is 1. The van der Waals surface area contributed by atoms with E-state index in [0.717, 1.165) is 23.7 Å². The lowest BCUT2D eigenvalue weighted by Crippen LogP contribution is -2.15. The van der Waals surface area contributed by atoms with Crippen molar-refractivity contribution in [2.24, 2.45) is 0 Å². The average Bonchev–Trinajstić information content (AvgIpc) is 3.01. The minimum absolute atomic E-state index is 0.115. The molecular weight excluding hydrogens is 328 g/mol. The Labute approximate surface area is 152 Å². The Morgan fingerprint density at radius 3 is 2.54 bits per heavy atom. The largest absolute Gasteiger partial charge is 0.461 e. The summed E-state index contributed by atoms with van der Waals surface area (Å²) in [6.45, 7) is 2.03. The lowest BCUT2D eigenvalue weighted by molar-refractivity contribution is -0.116. The van der Waals surface area contributed by atoms with Crippen molar-refractivity contribution in [3.8, 4) is 0 Å². The number of rotatable bonds is 7. The van der Waals surface area contributed by atoms with E-state index >= 15 is 0 Å². The molecule has 0 aliphatic rings. The number of esters is 1. The molecule has 2 N–H and O–H groups in total. The molecule has 0 saturated carbocycles. The lowest BCUT2D eigenvalue weighted by Gasteiger charge is -2.07. The van der Waals surface area contributed by atoms with Gasteiger partial charge in [0.25, 0.3) is 0 Å². The highest BCUT2D eigenvalue weighted by Gasteiger charge is 2.20. The number of hydrogen-bond donors (Lipinski definition) is 2. The topological polar surface area (TPSA) is 71.2 Å². The zero-order valence-electron chi connectivity index (χ0n) is 14.7. The molecule has 0 fully saturated rings. The quantitative estimate of drug-likeness (QED) is 0.624. The smallest absolute Gasteiger partial charge is 0.356 e. The molecule has 5 heteroatoms. The minimum atomic E-state index is -0.469. The van der Waals surface area contributed by atoms with Crippen LogP contribution in [0.5, 0.6) is 0 Å². The molecule has 5 nitrogen and oxygen atoms in total. The molecule has 3 aromatic rings. The lowest BCUT2D eigenvalue weighted by atomic mass is 10.1. The molecule has 0 aliphatic carbocycles. The summed E-state index contributed by atoms with van der Waals surface area (Å²) in [4.78, 5) is 27.7. The molecule has 1 aromatic heterocycles. The number of carbonyl (C=O) groups excluding carboxylic acids is 2. The Bertz CT molecular complexity index is 900. The van der Waals surface area contributed by atoms with Crippen LogP contribution in [0.15, 0.2) is 54.6 Å². The van der Waals surface area contributed by atoms with E-state index in [0.29, 0.717) is 12.1 Å². The van der Waals surface area contributed by atoms with Crippen LogP contribution in [0.2, 0.25) is 0 Å². The monoisotopic (exact) mass is 350 g/mol. The van der Waals surface area contributed by atoms with E-state index in [2.05, 4.69) is 22.4 Å². The van der Waals surface area contributed by atoms with Crippen LogP contribution in [0.1, 0.15) is 35.8 Å². The van der Waals surface area contributed by atoms with Gasteiger partial charge in [0, 0.05) is 17.3 Å². The maximum Gasteiger partial charge on any atom is 0.356 e. The fourth-order valence-corrected chi connectivity index (χ4v) is 2.93. The van der Waals surface area contributed by atoms with E-state index in [9.17, 15) is 9.59 Å². The number of ether oxygens (including phenoxy) is 1. The summed E-state index contributed by atoms with van der Waals surface area (Å²) in [6, 6.07) is 17.5. The third-order valence-electron chi connectivity index (χ3n) is 4.16. The molecule has 1 amide bonds. The third kappa shape index (κ3) is 4.11. The van der Waals surface area contributed by atoms with Gasteiger partial charge in [-0.1, -0.05) is 48.5 Å². The maximum atomic E-state index is 12.4. The SMILES string of the molecule is CCOC(=O)c1[nH]c2ccccc2c1NC(=O)CCCc1ccccc1. The summed E-state index contributed by atoms with van der Waals surface area (Å²) in [5.41, 5.74) is 2.77. The summed E-state index contributed by atoms with van der Waals surface area (Å²) < 4.78 is 5.10. The fraction of sp³-hybridized carbons (Fsp3) is 0.238. The van der Waals surface area contributed by atoms with Gasteiger partial charge in [-0.15, -0.1) is 0 Å². The van der Waals surface area contributed by atoms with Crippen molar-refractivity contribution in [2.45, 2.75) is 26.2 Å². The van der Waals surface area contributed by atoms with Crippen molar-refractivity contribution in [3.05, 3.63) is 65.9 Å². The van der Waals surface area contributed by atoms with E-state index in [1.54, 1.807) is 6.92 Å². The molecule has 2 aromatic carbocycles. The number of aryl methyl sites for hydroxylation is 1. The van der Waals surface area contributed by atoms with Gasteiger partial charge in [0.1, 0.15) is 5.69 Å². The van der Waals surface area contributed by atoms with Crippen LogP contribution in [0.4, 0.5) is 5.69 Å². The third-order valence-corrected chi connectivity index (χ3v) is 4.16. The first-order chi connectivity index (χ1) is 12.7. The van der Waals surface area contributed by atoms with Gasteiger partial charge in [0.2, 0.25) is 5.91 Å². The second-order valence-electron chi connectivity index (χ2n) is 6.03. The van der Waals surface area contributed by atoms with Crippen LogP contribution >= 0.6 is 0 Å². The predicted octanol–water partition coefficient (Wildman–Crippen LogP) is 4.31. The summed E-state index contributed by atoms with van der Waals surface area (Å²) in [5, 5.41) is 3.69. The van der Waals surface area contributed by atoms with Crippen LogP contribution in [0.25, 0.3) is 10.9 Å². The van der Waals surface area contributed by atoms with Crippen molar-refractivity contribution in [1.82, 2.24) is 4.98 Å². The van der Waals surface area contributed by atoms with Crippen molar-refractivity contribution >= 4 is 28.5 Å². The van der Waals surface area contributed by atoms with E-state index in [1.165, 1.54) is 5.56 Å². The molecule has 0 saturated heterocycles. The number of nitrogens with one attached hydrogen (secondary N) is 2. The summed E-state index contributed by atoms with van der Waals surface area (Å²) in [5.74, 6) is -0.584. The highest BCUT2D eigenvalue weighted by atomic mass is 16.5. The van der Waals surface area contributed by atoms with Crippen molar-refractivity contribution in [2.75, 3.05) is 11.9 Å². The Morgan fingerprint density at radius 2 is 1.77 bits per heavy atom. The number of fused-ring (bicyclic) bond motifs is 1. The maximum absolute atomic E-state index is 12.4. The summed E-state index contributed by atoms with van der Waals surface area (Å²) in [6.07, 6.45) is 1.97. The van der Waals surface area contributed by atoms with E-state index in [-0.39, 0.29) is 18.2 Å². The first-order valence-electron chi connectivity index (χ1n) is 8.80. The van der Waals surface area contributed by atoms with E-state index in [1.807, 2.05) is 42.5 Å². The Balaban J connectivity index is 1.71. The molecule has 0 atom stereocenters. The molecule has 0 radical (unpaired) electrons. The average molecular weight is 350 g/mol. The van der Waals surface area contributed by atoms with Crippen LogP contribution in [0, 0.1) is 0 Å². The molecule has 0 spiro atoms. The molecule has 0 unspecified atom stereocenters. The zero-order valence-corrected chi connectivity index (χ0v) is 14.7. The van der Waals surface area contributed by atoms with Crippen LogP contribution in [-0.2, 0) is 16.0 Å². The number of carbonyl (C=O) groups is 2. The Hall–Kier alpha value is -3.08. The number of benzene rings is 2. The van der Waals surface area contributed by atoms with Crippen molar-refractivity contribution in [1.29, 1.82) is 0 Å². The number of H-pyrrole nitrogens is 1. The predicted molar refractivity (Wildman–Crippen MR) is 102 cm³/mol. The molecular formula is C21H22N2O3. The minimum Gasteiger partial charge on any atom is -0.461 e. The first kappa shape index (κ1) is 17.7. The van der Waals surface area contributed by atoms with Gasteiger partial charge >= 0.3 is 5.97 Å². The number of amides is 1. The molecule has 0 bridgehead atoms. The highest BCUT2D eigenvalue weighted by Crippen LogP contribution is 2.28. The van der Waals surface area contributed by atoms with Gasteiger partial charge in [-0.05, 0) is 31.4 Å². The Morgan fingerprint density at radius 1 is 1.04 bits per heavy atom. The summed E-state index contributed by atoms with van der Waals surface area (Å²) in [7, 11) is 0. The number of hydrogen-bond acceptors (Lipinski definition) is 3. The van der Waals surface area contributed by atoms with Gasteiger partial charge in [0.05, 0.1) is 12.3 Å². The van der Waals surface area contributed by atoms with Gasteiger partial charge in [0.15, 0.2) is 0 Å². The zero-order chi connectivity index (χ0) is 18.4. The van der Waals surface area contributed by atoms with Gasteiger partial charge in [-0.25, -0.2) is 4.79 Å². The molecule has 134 valence electrons. The number of anilines is 1. The van der Waals surface area contributed by atoms with E-state index < -0.39 is 5.97 Å². The van der Waals surface area contributed by atoms with Gasteiger partial charge in [-0.3, -0.25) is 4.79 Å². The number of para-hydroxylation sites is 1. The molecule has 1 heterocycles. The van der Waals surface area contributed by atoms with Crippen molar-refractivity contribution < 1.29 is 14.3 Å². The van der Waals surface area contributed by atoms with Crippen LogP contribution < -0.4 is 5.32 Å². The summed E-state index contributed by atoms with van der Waals surface area (Å²) >= 11 is 0. The van der Waals surface area contributed by atoms with Crippen LogP contribution in [-0.4, -0.2) is 23.5 Å². The second-order valence-corrected chi connectivity index (χ2v) is 6.03. The second kappa shape index (κ2) is 8.34. The highest BCUT2D eigenvalue weighted by molar-refractivity contribution is 6.10. The normalized spacial score (nSPS) is 10.7.